The minimum Gasteiger partial charge on any atom is -0.491 e. The van der Waals surface area contributed by atoms with Crippen LogP contribution in [0.3, 0.4) is 0 Å². The topological polar surface area (TPSA) is 41.5 Å². The van der Waals surface area contributed by atoms with Crippen molar-refractivity contribution in [1.82, 2.24) is 5.32 Å². The van der Waals surface area contributed by atoms with Crippen LogP contribution in [0.4, 0.5) is 0 Å². The summed E-state index contributed by atoms with van der Waals surface area (Å²) >= 11 is 0. The smallest absolute Gasteiger partial charge is 0.122 e. The average Bonchev–Trinajstić information content (AvgIpc) is 3.13. The number of hydrogen-bond acceptors (Lipinski definition) is 3. The average molecular weight is 317 g/mol. The van der Waals surface area contributed by atoms with E-state index < -0.39 is 6.10 Å². The first-order valence-electron chi connectivity index (χ1n) is 9.46. The van der Waals surface area contributed by atoms with E-state index in [0.717, 1.165) is 5.75 Å². The van der Waals surface area contributed by atoms with Gasteiger partial charge in [0.05, 0.1) is 0 Å². The van der Waals surface area contributed by atoms with Crippen LogP contribution in [0.2, 0.25) is 0 Å². The van der Waals surface area contributed by atoms with Crippen LogP contribution in [0.25, 0.3) is 0 Å². The second-order valence-electron chi connectivity index (χ2n) is 7.23. The van der Waals surface area contributed by atoms with Gasteiger partial charge < -0.3 is 15.2 Å². The highest BCUT2D eigenvalue weighted by molar-refractivity contribution is 5.36. The molecular formula is C20H31NO2. The first-order chi connectivity index (χ1) is 11.3. The Kier molecular flexibility index (Phi) is 6.35. The molecule has 0 spiro atoms. The second-order valence-corrected chi connectivity index (χ2v) is 7.23. The third kappa shape index (κ3) is 4.95. The van der Waals surface area contributed by atoms with Crippen molar-refractivity contribution in [2.75, 3.05) is 13.2 Å². The number of para-hydroxylation sites is 1. The lowest BCUT2D eigenvalue weighted by molar-refractivity contribution is 0.103. The Morgan fingerprint density at radius 1 is 1.00 bits per heavy atom. The van der Waals surface area contributed by atoms with E-state index in [2.05, 4.69) is 23.5 Å². The van der Waals surface area contributed by atoms with Gasteiger partial charge in [0.2, 0.25) is 0 Å². The van der Waals surface area contributed by atoms with Crippen LogP contribution in [0.5, 0.6) is 5.75 Å². The number of aliphatic hydroxyl groups excluding tert-OH is 1. The van der Waals surface area contributed by atoms with E-state index in [1.54, 1.807) is 0 Å². The van der Waals surface area contributed by atoms with Gasteiger partial charge in [0.1, 0.15) is 18.5 Å². The van der Waals surface area contributed by atoms with Gasteiger partial charge in [-0.05, 0) is 43.2 Å². The van der Waals surface area contributed by atoms with Crippen molar-refractivity contribution in [1.29, 1.82) is 0 Å². The van der Waals surface area contributed by atoms with E-state index in [1.807, 2.05) is 6.07 Å². The second kappa shape index (κ2) is 8.70. The molecule has 3 heteroatoms. The molecule has 1 atom stereocenters. The number of nitrogens with one attached hydrogen (secondary N) is 1. The lowest BCUT2D eigenvalue weighted by Crippen LogP contribution is -2.36. The van der Waals surface area contributed by atoms with E-state index >= 15 is 0 Å². The molecule has 3 nitrogen and oxygen atoms in total. The lowest BCUT2D eigenvalue weighted by atomic mass is 9.84. The minimum absolute atomic E-state index is 0.378. The monoisotopic (exact) mass is 317 g/mol. The summed E-state index contributed by atoms with van der Waals surface area (Å²) in [7, 11) is 0. The number of ether oxygens (including phenoxy) is 1. The third-order valence-corrected chi connectivity index (χ3v) is 5.39. The summed E-state index contributed by atoms with van der Waals surface area (Å²) in [5.41, 5.74) is 1.34. The summed E-state index contributed by atoms with van der Waals surface area (Å²) in [6.45, 7) is 1.01. The van der Waals surface area contributed by atoms with Crippen LogP contribution in [0.1, 0.15) is 69.3 Å². The zero-order valence-corrected chi connectivity index (χ0v) is 14.2. The summed E-state index contributed by atoms with van der Waals surface area (Å²) in [4.78, 5) is 0. The normalized spacial score (nSPS) is 21.4. The molecule has 1 aromatic carbocycles. The van der Waals surface area contributed by atoms with E-state index in [0.29, 0.717) is 25.1 Å². The van der Waals surface area contributed by atoms with Crippen LogP contribution in [-0.2, 0) is 0 Å². The number of benzene rings is 1. The largest absolute Gasteiger partial charge is 0.491 e. The lowest BCUT2D eigenvalue weighted by Gasteiger charge is -2.24. The first-order valence-corrected chi connectivity index (χ1v) is 9.46. The summed E-state index contributed by atoms with van der Waals surface area (Å²) < 4.78 is 5.98. The Morgan fingerprint density at radius 3 is 2.48 bits per heavy atom. The molecule has 3 rings (SSSR count). The van der Waals surface area contributed by atoms with Crippen LogP contribution < -0.4 is 10.1 Å². The molecule has 1 aromatic rings. The molecule has 0 amide bonds. The van der Waals surface area contributed by atoms with Crippen LogP contribution in [-0.4, -0.2) is 30.4 Å². The summed E-state index contributed by atoms with van der Waals surface area (Å²) in [6, 6.07) is 8.99. The van der Waals surface area contributed by atoms with Crippen molar-refractivity contribution in [2.45, 2.75) is 75.9 Å². The Morgan fingerprint density at radius 2 is 1.70 bits per heavy atom. The molecule has 2 aliphatic carbocycles. The SMILES string of the molecule is OC(CNC1CCCC1)COc1ccccc1C1CCCCC1. The zero-order chi connectivity index (χ0) is 15.9. The van der Waals surface area contributed by atoms with E-state index in [-0.39, 0.29) is 0 Å². The Balaban J connectivity index is 1.49. The fraction of sp³-hybridized carbons (Fsp3) is 0.700. The van der Waals surface area contributed by atoms with E-state index in [4.69, 9.17) is 4.74 Å². The molecule has 2 aliphatic rings. The summed E-state index contributed by atoms with van der Waals surface area (Å²) in [5, 5.41) is 13.7. The Labute approximate surface area is 140 Å². The predicted octanol–water partition coefficient (Wildman–Crippen LogP) is 4.01. The predicted molar refractivity (Wildman–Crippen MR) is 94.0 cm³/mol. The molecule has 0 bridgehead atoms. The molecule has 128 valence electrons. The van der Waals surface area contributed by atoms with Gasteiger partial charge >= 0.3 is 0 Å². The number of hydrogen-bond donors (Lipinski definition) is 2. The highest BCUT2D eigenvalue weighted by Gasteiger charge is 2.20. The molecule has 2 N–H and O–H groups in total. The molecule has 2 fully saturated rings. The van der Waals surface area contributed by atoms with Gasteiger partial charge in [0.15, 0.2) is 0 Å². The summed E-state index contributed by atoms with van der Waals surface area (Å²) in [5.74, 6) is 1.60. The first kappa shape index (κ1) is 16.8. The highest BCUT2D eigenvalue weighted by Crippen LogP contribution is 2.37. The standard InChI is InChI=1S/C20H31NO2/c22-18(14-21-17-10-4-5-11-17)15-23-20-13-7-6-12-19(20)16-8-2-1-3-9-16/h6-7,12-13,16-18,21-22H,1-5,8-11,14-15H2. The summed E-state index contributed by atoms with van der Waals surface area (Å²) in [6.07, 6.45) is 11.3. The van der Waals surface area contributed by atoms with Gasteiger partial charge in [-0.1, -0.05) is 50.3 Å². The maximum Gasteiger partial charge on any atom is 0.122 e. The number of aliphatic hydroxyl groups is 1. The molecule has 0 radical (unpaired) electrons. The van der Waals surface area contributed by atoms with Crippen molar-refractivity contribution in [3.63, 3.8) is 0 Å². The molecule has 0 aliphatic heterocycles. The van der Waals surface area contributed by atoms with Gasteiger partial charge in [0.25, 0.3) is 0 Å². The fourth-order valence-corrected chi connectivity index (χ4v) is 4.04. The molecule has 0 heterocycles. The number of rotatable bonds is 7. The minimum atomic E-state index is -0.435. The van der Waals surface area contributed by atoms with E-state index in [1.165, 1.54) is 63.4 Å². The molecular weight excluding hydrogens is 286 g/mol. The van der Waals surface area contributed by atoms with Crippen molar-refractivity contribution in [3.8, 4) is 5.75 Å². The maximum absolute atomic E-state index is 10.2. The third-order valence-electron chi connectivity index (χ3n) is 5.39. The van der Waals surface area contributed by atoms with Crippen LogP contribution in [0, 0.1) is 0 Å². The molecule has 23 heavy (non-hydrogen) atoms. The van der Waals surface area contributed by atoms with Gasteiger partial charge in [0, 0.05) is 12.6 Å². The van der Waals surface area contributed by atoms with Gasteiger partial charge in [-0.2, -0.15) is 0 Å². The van der Waals surface area contributed by atoms with Crippen LogP contribution >= 0.6 is 0 Å². The van der Waals surface area contributed by atoms with Crippen molar-refractivity contribution in [2.24, 2.45) is 0 Å². The molecule has 0 saturated heterocycles. The van der Waals surface area contributed by atoms with Gasteiger partial charge in [-0.15, -0.1) is 0 Å². The van der Waals surface area contributed by atoms with E-state index in [9.17, 15) is 5.11 Å². The fourth-order valence-electron chi connectivity index (χ4n) is 4.04. The van der Waals surface area contributed by atoms with Crippen LogP contribution in [0.15, 0.2) is 24.3 Å². The molecule has 0 aromatic heterocycles. The van der Waals surface area contributed by atoms with Gasteiger partial charge in [-0.25, -0.2) is 0 Å². The Hall–Kier alpha value is -1.06. The molecule has 1 unspecified atom stereocenters. The Bertz CT molecular complexity index is 464. The quantitative estimate of drug-likeness (QED) is 0.798. The maximum atomic E-state index is 10.2. The van der Waals surface area contributed by atoms with Crippen molar-refractivity contribution < 1.29 is 9.84 Å². The van der Waals surface area contributed by atoms with Crippen molar-refractivity contribution >= 4 is 0 Å². The van der Waals surface area contributed by atoms with Gasteiger partial charge in [-0.3, -0.25) is 0 Å². The van der Waals surface area contributed by atoms with Crippen molar-refractivity contribution in [3.05, 3.63) is 29.8 Å². The molecule has 2 saturated carbocycles. The zero-order valence-electron chi connectivity index (χ0n) is 14.2. The highest BCUT2D eigenvalue weighted by atomic mass is 16.5.